The Balaban J connectivity index is 1.99. The lowest BCUT2D eigenvalue weighted by Crippen LogP contribution is -2.13. The summed E-state index contributed by atoms with van der Waals surface area (Å²) < 4.78 is 6.99. The van der Waals surface area contributed by atoms with Crippen molar-refractivity contribution in [3.8, 4) is 11.6 Å². The van der Waals surface area contributed by atoms with Gasteiger partial charge in [-0.05, 0) is 54.5 Å². The molecule has 0 spiro atoms. The van der Waals surface area contributed by atoms with Crippen molar-refractivity contribution in [2.24, 2.45) is 5.84 Å². The van der Waals surface area contributed by atoms with Crippen LogP contribution in [0.15, 0.2) is 24.3 Å². The molecule has 0 bridgehead atoms. The van der Waals surface area contributed by atoms with Gasteiger partial charge in [0.05, 0.1) is 9.13 Å². The highest BCUT2D eigenvalue weighted by atomic mass is 127. The maximum Gasteiger partial charge on any atom is 0.227 e. The number of nitrogen functional groups attached to an aromatic ring is 1. The quantitative estimate of drug-likeness (QED) is 0.482. The fraction of sp³-hybridized carbons (Fsp3) is 0.286. The molecule has 104 valence electrons. The molecular weight excluding hydrogens is 367 g/mol. The van der Waals surface area contributed by atoms with Crippen molar-refractivity contribution in [1.29, 1.82) is 0 Å². The van der Waals surface area contributed by atoms with Crippen molar-refractivity contribution in [2.75, 3.05) is 5.43 Å². The first-order chi connectivity index (χ1) is 9.69. The normalized spacial score (nSPS) is 14.2. The smallest absolute Gasteiger partial charge is 0.227 e. The van der Waals surface area contributed by atoms with Gasteiger partial charge in [0.25, 0.3) is 0 Å². The molecule has 0 radical (unpaired) electrons. The van der Waals surface area contributed by atoms with E-state index in [1.54, 1.807) is 0 Å². The molecule has 0 saturated heterocycles. The maximum atomic E-state index is 5.95. The summed E-state index contributed by atoms with van der Waals surface area (Å²) in [4.78, 5) is 9.00. The van der Waals surface area contributed by atoms with Gasteiger partial charge in [-0.1, -0.05) is 12.1 Å². The van der Waals surface area contributed by atoms with Gasteiger partial charge in [-0.3, -0.25) is 0 Å². The number of nitrogens with one attached hydrogen (secondary N) is 1. The van der Waals surface area contributed by atoms with Crippen LogP contribution in [0.5, 0.6) is 11.6 Å². The van der Waals surface area contributed by atoms with E-state index >= 15 is 0 Å². The van der Waals surface area contributed by atoms with Crippen molar-refractivity contribution in [1.82, 2.24) is 9.97 Å². The predicted molar refractivity (Wildman–Crippen MR) is 85.8 cm³/mol. The van der Waals surface area contributed by atoms with Crippen LogP contribution in [0.1, 0.15) is 30.1 Å². The van der Waals surface area contributed by atoms with Crippen molar-refractivity contribution in [3.05, 3.63) is 39.2 Å². The molecule has 1 fully saturated rings. The first-order valence-corrected chi connectivity index (χ1v) is 7.54. The number of nitrogens with two attached hydrogens (primary N) is 1. The van der Waals surface area contributed by atoms with Gasteiger partial charge in [-0.25, -0.2) is 10.8 Å². The number of aromatic nitrogens is 2. The second-order valence-corrected chi connectivity index (χ2v) is 5.97. The van der Waals surface area contributed by atoms with Gasteiger partial charge < -0.3 is 10.2 Å². The molecule has 1 aliphatic carbocycles. The Hall–Kier alpha value is -1.41. The summed E-state index contributed by atoms with van der Waals surface area (Å²) in [5.41, 5.74) is 3.44. The lowest BCUT2D eigenvalue weighted by Gasteiger charge is -2.13. The molecule has 0 amide bonds. The van der Waals surface area contributed by atoms with E-state index in [1.165, 1.54) is 0 Å². The fourth-order valence-corrected chi connectivity index (χ4v) is 2.41. The highest BCUT2D eigenvalue weighted by Gasteiger charge is 2.28. The molecule has 1 heterocycles. The molecule has 0 aliphatic heterocycles. The fourth-order valence-electron chi connectivity index (χ4n) is 1.91. The van der Waals surface area contributed by atoms with E-state index in [0.29, 0.717) is 17.6 Å². The standard InChI is InChI=1S/C14H15IN4O/c1-8-12(19-16)17-13(9-6-7-9)18-14(8)20-11-5-3-2-4-10(11)15/h2-5,9H,6-7,16H2,1H3,(H,17,18,19). The van der Waals surface area contributed by atoms with E-state index < -0.39 is 0 Å². The molecular formula is C14H15IN4O. The monoisotopic (exact) mass is 382 g/mol. The van der Waals surface area contributed by atoms with Crippen LogP contribution in [-0.4, -0.2) is 9.97 Å². The number of para-hydroxylation sites is 1. The van der Waals surface area contributed by atoms with Crippen molar-refractivity contribution in [3.63, 3.8) is 0 Å². The zero-order valence-electron chi connectivity index (χ0n) is 11.1. The summed E-state index contributed by atoms with van der Waals surface area (Å²) in [7, 11) is 0. The third-order valence-corrected chi connectivity index (χ3v) is 4.13. The highest BCUT2D eigenvalue weighted by Crippen LogP contribution is 2.40. The number of anilines is 1. The maximum absolute atomic E-state index is 5.95. The molecule has 1 aromatic heterocycles. The molecule has 2 aromatic rings. The zero-order chi connectivity index (χ0) is 14.1. The molecule has 0 unspecified atom stereocenters. The molecule has 6 heteroatoms. The summed E-state index contributed by atoms with van der Waals surface area (Å²) in [5, 5.41) is 0. The van der Waals surface area contributed by atoms with Crippen LogP contribution in [-0.2, 0) is 0 Å². The van der Waals surface area contributed by atoms with Gasteiger partial charge in [0.1, 0.15) is 11.6 Å². The minimum Gasteiger partial charge on any atom is -0.437 e. The summed E-state index contributed by atoms with van der Waals surface area (Å²) in [6.45, 7) is 1.90. The number of hydrazine groups is 1. The van der Waals surface area contributed by atoms with Crippen LogP contribution in [0.3, 0.4) is 0 Å². The summed E-state index contributed by atoms with van der Waals surface area (Å²) in [6, 6.07) is 7.84. The average molecular weight is 382 g/mol. The molecule has 1 saturated carbocycles. The van der Waals surface area contributed by atoms with Crippen molar-refractivity contribution in [2.45, 2.75) is 25.7 Å². The third-order valence-electron chi connectivity index (χ3n) is 3.24. The number of rotatable bonds is 4. The molecule has 3 rings (SSSR count). The van der Waals surface area contributed by atoms with E-state index in [1.807, 2.05) is 31.2 Å². The van der Waals surface area contributed by atoms with Crippen LogP contribution in [0.2, 0.25) is 0 Å². The van der Waals surface area contributed by atoms with Crippen molar-refractivity contribution >= 4 is 28.4 Å². The van der Waals surface area contributed by atoms with Crippen LogP contribution in [0, 0.1) is 10.5 Å². The van der Waals surface area contributed by atoms with Crippen LogP contribution in [0.4, 0.5) is 5.82 Å². The number of ether oxygens (including phenoxy) is 1. The minimum atomic E-state index is 0.444. The highest BCUT2D eigenvalue weighted by molar-refractivity contribution is 14.1. The topological polar surface area (TPSA) is 73.1 Å². The second-order valence-electron chi connectivity index (χ2n) is 4.81. The Morgan fingerprint density at radius 1 is 1.30 bits per heavy atom. The molecule has 1 aromatic carbocycles. The van der Waals surface area contributed by atoms with E-state index in [9.17, 15) is 0 Å². The van der Waals surface area contributed by atoms with Crippen LogP contribution in [0.25, 0.3) is 0 Å². The summed E-state index contributed by atoms with van der Waals surface area (Å²) >= 11 is 2.24. The van der Waals surface area contributed by atoms with Gasteiger partial charge in [0.2, 0.25) is 5.88 Å². The minimum absolute atomic E-state index is 0.444. The van der Waals surface area contributed by atoms with Crippen molar-refractivity contribution < 1.29 is 4.74 Å². The Morgan fingerprint density at radius 3 is 2.70 bits per heavy atom. The number of benzene rings is 1. The zero-order valence-corrected chi connectivity index (χ0v) is 13.2. The largest absolute Gasteiger partial charge is 0.437 e. The lowest BCUT2D eigenvalue weighted by molar-refractivity contribution is 0.451. The second kappa shape index (κ2) is 5.53. The van der Waals surface area contributed by atoms with Gasteiger partial charge >= 0.3 is 0 Å². The van der Waals surface area contributed by atoms with E-state index in [0.717, 1.165) is 33.5 Å². The Kier molecular flexibility index (Phi) is 3.75. The van der Waals surface area contributed by atoms with E-state index in [2.05, 4.69) is 38.0 Å². The SMILES string of the molecule is Cc1c(NN)nc(C2CC2)nc1Oc1ccccc1I. The first-order valence-electron chi connectivity index (χ1n) is 6.46. The van der Waals surface area contributed by atoms with Gasteiger partial charge in [-0.2, -0.15) is 4.98 Å². The van der Waals surface area contributed by atoms with E-state index in [-0.39, 0.29) is 0 Å². The molecule has 0 atom stereocenters. The molecule has 1 aliphatic rings. The Labute approximate surface area is 131 Å². The number of halogens is 1. The first kappa shape index (κ1) is 13.6. The molecule has 5 nitrogen and oxygen atoms in total. The Bertz CT molecular complexity index is 643. The Morgan fingerprint density at radius 2 is 2.05 bits per heavy atom. The average Bonchev–Trinajstić information content (AvgIpc) is 3.28. The third kappa shape index (κ3) is 2.71. The lowest BCUT2D eigenvalue weighted by atomic mass is 10.3. The van der Waals surface area contributed by atoms with E-state index in [4.69, 9.17) is 10.6 Å². The van der Waals surface area contributed by atoms with Gasteiger partial charge in [-0.15, -0.1) is 0 Å². The number of hydrogen-bond donors (Lipinski definition) is 2. The predicted octanol–water partition coefficient (Wildman–Crippen LogP) is 3.34. The van der Waals surface area contributed by atoms with Gasteiger partial charge in [0.15, 0.2) is 5.82 Å². The number of nitrogens with zero attached hydrogens (tertiary/aromatic N) is 2. The number of hydrogen-bond acceptors (Lipinski definition) is 5. The molecule has 20 heavy (non-hydrogen) atoms. The summed E-state index contributed by atoms with van der Waals surface area (Å²) in [5.74, 6) is 8.78. The molecule has 3 N–H and O–H groups in total. The summed E-state index contributed by atoms with van der Waals surface area (Å²) in [6.07, 6.45) is 2.27. The van der Waals surface area contributed by atoms with Gasteiger partial charge in [0, 0.05) is 5.92 Å². The van der Waals surface area contributed by atoms with Crippen LogP contribution >= 0.6 is 22.6 Å². The van der Waals surface area contributed by atoms with Crippen LogP contribution < -0.4 is 16.0 Å².